The monoisotopic (exact) mass is 235 g/mol. The Morgan fingerprint density at radius 3 is 2.53 bits per heavy atom. The summed E-state index contributed by atoms with van der Waals surface area (Å²) in [5, 5.41) is 11.5. The van der Waals surface area contributed by atoms with Crippen LogP contribution in [0.1, 0.15) is 29.8 Å². The highest BCUT2D eigenvalue weighted by Crippen LogP contribution is 2.09. The van der Waals surface area contributed by atoms with Crippen LogP contribution in [-0.2, 0) is 0 Å². The molecule has 1 aromatic rings. The van der Waals surface area contributed by atoms with Crippen LogP contribution >= 0.6 is 0 Å². The third kappa shape index (κ3) is 2.96. The molecule has 0 bridgehead atoms. The molecular formula is C12H17N3O2. The summed E-state index contributed by atoms with van der Waals surface area (Å²) >= 11 is 0. The van der Waals surface area contributed by atoms with Gasteiger partial charge in [-0.25, -0.2) is 0 Å². The van der Waals surface area contributed by atoms with Crippen molar-refractivity contribution in [2.24, 2.45) is 10.9 Å². The van der Waals surface area contributed by atoms with Gasteiger partial charge >= 0.3 is 0 Å². The quantitative estimate of drug-likeness (QED) is 0.358. The Kier molecular flexibility index (Phi) is 4.09. The van der Waals surface area contributed by atoms with Gasteiger partial charge in [-0.1, -0.05) is 17.3 Å². The molecule has 3 N–H and O–H groups in total. The first kappa shape index (κ1) is 13.0. The third-order valence-corrected chi connectivity index (χ3v) is 2.61. The van der Waals surface area contributed by atoms with Gasteiger partial charge in [-0.2, -0.15) is 0 Å². The van der Waals surface area contributed by atoms with Crippen LogP contribution in [0.15, 0.2) is 29.4 Å². The molecule has 0 saturated heterocycles. The van der Waals surface area contributed by atoms with Crippen molar-refractivity contribution in [3.8, 4) is 0 Å². The number of amidine groups is 1. The third-order valence-electron chi connectivity index (χ3n) is 2.61. The van der Waals surface area contributed by atoms with Gasteiger partial charge in [0.1, 0.15) is 0 Å². The highest BCUT2D eigenvalue weighted by atomic mass is 16.4. The van der Waals surface area contributed by atoms with E-state index in [1.54, 1.807) is 36.2 Å². The summed E-state index contributed by atoms with van der Waals surface area (Å²) in [6, 6.07) is 6.82. The Bertz CT molecular complexity index is 441. The zero-order valence-electron chi connectivity index (χ0n) is 10.2. The fourth-order valence-corrected chi connectivity index (χ4v) is 1.31. The summed E-state index contributed by atoms with van der Waals surface area (Å²) in [6.45, 7) is 3.87. The molecule has 1 amide bonds. The summed E-state index contributed by atoms with van der Waals surface area (Å²) in [5.41, 5.74) is 6.52. The molecule has 0 aliphatic heterocycles. The molecule has 0 aliphatic rings. The Morgan fingerprint density at radius 2 is 2.00 bits per heavy atom. The number of oxime groups is 1. The van der Waals surface area contributed by atoms with Crippen LogP contribution in [0.5, 0.6) is 0 Å². The Labute approximate surface area is 101 Å². The molecular weight excluding hydrogens is 218 g/mol. The van der Waals surface area contributed by atoms with Crippen molar-refractivity contribution in [1.29, 1.82) is 0 Å². The van der Waals surface area contributed by atoms with E-state index in [1.165, 1.54) is 0 Å². The van der Waals surface area contributed by atoms with Crippen molar-refractivity contribution >= 4 is 11.7 Å². The molecule has 0 heterocycles. The van der Waals surface area contributed by atoms with Gasteiger partial charge in [-0.05, 0) is 26.0 Å². The molecule has 0 fully saturated rings. The van der Waals surface area contributed by atoms with Gasteiger partial charge in [-0.15, -0.1) is 0 Å². The largest absolute Gasteiger partial charge is 0.409 e. The second kappa shape index (κ2) is 5.34. The van der Waals surface area contributed by atoms with Crippen molar-refractivity contribution in [1.82, 2.24) is 4.90 Å². The summed E-state index contributed by atoms with van der Waals surface area (Å²) in [6.07, 6.45) is 0. The molecule has 0 aromatic heterocycles. The van der Waals surface area contributed by atoms with E-state index in [0.29, 0.717) is 11.1 Å². The smallest absolute Gasteiger partial charge is 0.253 e. The maximum atomic E-state index is 12.0. The first-order chi connectivity index (χ1) is 7.97. The second-order valence-electron chi connectivity index (χ2n) is 4.08. The molecule has 5 nitrogen and oxygen atoms in total. The van der Waals surface area contributed by atoms with E-state index < -0.39 is 0 Å². The molecule has 0 atom stereocenters. The fourth-order valence-electron chi connectivity index (χ4n) is 1.31. The molecule has 1 rings (SSSR count). The van der Waals surface area contributed by atoms with Gasteiger partial charge in [-0.3, -0.25) is 4.79 Å². The van der Waals surface area contributed by atoms with Gasteiger partial charge in [0.05, 0.1) is 0 Å². The summed E-state index contributed by atoms with van der Waals surface area (Å²) in [7, 11) is 1.74. The standard InChI is InChI=1S/C12H17N3O2/c1-8(2)15(3)12(16)10-6-4-5-9(7-10)11(13)14-17/h4-8,17H,1-3H3,(H2,13,14). The van der Waals surface area contributed by atoms with E-state index in [9.17, 15) is 4.79 Å². The van der Waals surface area contributed by atoms with E-state index in [0.717, 1.165) is 0 Å². The minimum Gasteiger partial charge on any atom is -0.409 e. The van der Waals surface area contributed by atoms with Crippen LogP contribution in [0.25, 0.3) is 0 Å². The number of hydrogen-bond acceptors (Lipinski definition) is 3. The van der Waals surface area contributed by atoms with Gasteiger partial charge in [0.15, 0.2) is 5.84 Å². The van der Waals surface area contributed by atoms with Gasteiger partial charge < -0.3 is 15.8 Å². The minimum atomic E-state index is -0.0902. The zero-order valence-corrected chi connectivity index (χ0v) is 10.2. The average Bonchev–Trinajstić information content (AvgIpc) is 2.36. The lowest BCUT2D eigenvalue weighted by Gasteiger charge is -2.21. The van der Waals surface area contributed by atoms with E-state index in [2.05, 4.69) is 5.16 Å². The Hall–Kier alpha value is -2.04. The number of amides is 1. The van der Waals surface area contributed by atoms with Crippen molar-refractivity contribution in [3.05, 3.63) is 35.4 Å². The predicted molar refractivity (Wildman–Crippen MR) is 66.2 cm³/mol. The Balaban J connectivity index is 3.04. The van der Waals surface area contributed by atoms with Gasteiger partial charge in [0, 0.05) is 24.2 Å². The van der Waals surface area contributed by atoms with Crippen LogP contribution in [-0.4, -0.2) is 34.9 Å². The SMILES string of the molecule is CC(C)N(C)C(=O)c1cccc(/C(N)=N/O)c1. The second-order valence-corrected chi connectivity index (χ2v) is 4.08. The highest BCUT2D eigenvalue weighted by molar-refractivity contribution is 6.01. The van der Waals surface area contributed by atoms with Crippen molar-refractivity contribution in [2.75, 3.05) is 7.05 Å². The molecule has 0 saturated carbocycles. The fraction of sp³-hybridized carbons (Fsp3) is 0.333. The molecule has 5 heteroatoms. The average molecular weight is 235 g/mol. The number of benzene rings is 1. The van der Waals surface area contributed by atoms with E-state index in [4.69, 9.17) is 10.9 Å². The molecule has 0 radical (unpaired) electrons. The van der Waals surface area contributed by atoms with E-state index in [-0.39, 0.29) is 17.8 Å². The van der Waals surface area contributed by atoms with E-state index in [1.807, 2.05) is 13.8 Å². The minimum absolute atomic E-state index is 0.00755. The summed E-state index contributed by atoms with van der Waals surface area (Å²) in [4.78, 5) is 13.7. The van der Waals surface area contributed by atoms with Crippen molar-refractivity contribution in [2.45, 2.75) is 19.9 Å². The molecule has 92 valence electrons. The number of carbonyl (C=O) groups is 1. The number of rotatable bonds is 3. The molecule has 0 unspecified atom stereocenters. The maximum absolute atomic E-state index is 12.0. The number of nitrogens with two attached hydrogens (primary N) is 1. The number of hydrogen-bond donors (Lipinski definition) is 2. The topological polar surface area (TPSA) is 78.9 Å². The Morgan fingerprint density at radius 1 is 1.41 bits per heavy atom. The van der Waals surface area contributed by atoms with Crippen molar-refractivity contribution < 1.29 is 10.0 Å². The van der Waals surface area contributed by atoms with Crippen LogP contribution < -0.4 is 5.73 Å². The zero-order chi connectivity index (χ0) is 13.0. The molecule has 17 heavy (non-hydrogen) atoms. The van der Waals surface area contributed by atoms with Crippen LogP contribution in [0.4, 0.5) is 0 Å². The van der Waals surface area contributed by atoms with Crippen LogP contribution in [0.2, 0.25) is 0 Å². The highest BCUT2D eigenvalue weighted by Gasteiger charge is 2.14. The van der Waals surface area contributed by atoms with Crippen LogP contribution in [0, 0.1) is 0 Å². The van der Waals surface area contributed by atoms with Gasteiger partial charge in [0.2, 0.25) is 0 Å². The lowest BCUT2D eigenvalue weighted by atomic mass is 10.1. The van der Waals surface area contributed by atoms with Gasteiger partial charge in [0.25, 0.3) is 5.91 Å². The first-order valence-corrected chi connectivity index (χ1v) is 5.32. The summed E-state index contributed by atoms with van der Waals surface area (Å²) in [5.74, 6) is -0.0977. The van der Waals surface area contributed by atoms with E-state index >= 15 is 0 Å². The predicted octanol–water partition coefficient (Wildman–Crippen LogP) is 1.26. The van der Waals surface area contributed by atoms with Crippen LogP contribution in [0.3, 0.4) is 0 Å². The van der Waals surface area contributed by atoms with Crippen molar-refractivity contribution in [3.63, 3.8) is 0 Å². The number of carbonyl (C=O) groups excluding carboxylic acids is 1. The molecule has 1 aromatic carbocycles. The molecule has 0 spiro atoms. The normalized spacial score (nSPS) is 11.6. The maximum Gasteiger partial charge on any atom is 0.253 e. The first-order valence-electron chi connectivity index (χ1n) is 5.32. The lowest BCUT2D eigenvalue weighted by Crippen LogP contribution is -2.33. The lowest BCUT2D eigenvalue weighted by molar-refractivity contribution is 0.0755. The summed E-state index contributed by atoms with van der Waals surface area (Å²) < 4.78 is 0. The number of nitrogens with zero attached hydrogens (tertiary/aromatic N) is 2. The molecule has 0 aliphatic carbocycles.